The normalized spacial score (nSPS) is 11.4. The van der Waals surface area contributed by atoms with Crippen molar-refractivity contribution in [1.29, 1.82) is 0 Å². The fourth-order valence-electron chi connectivity index (χ4n) is 7.69. The molecule has 0 aliphatic rings. The van der Waals surface area contributed by atoms with Crippen molar-refractivity contribution in [3.05, 3.63) is 206 Å². The number of esters is 1. The van der Waals surface area contributed by atoms with Crippen LogP contribution in [-0.4, -0.2) is 25.6 Å². The van der Waals surface area contributed by atoms with E-state index >= 15 is 0 Å². The van der Waals surface area contributed by atoms with Gasteiger partial charge in [-0.25, -0.2) is 4.79 Å². The van der Waals surface area contributed by atoms with Gasteiger partial charge in [-0.3, -0.25) is 0 Å². The van der Waals surface area contributed by atoms with Crippen LogP contribution >= 0.6 is 0 Å². The molecule has 0 spiro atoms. The van der Waals surface area contributed by atoms with E-state index in [4.69, 9.17) is 4.74 Å². The maximum absolute atomic E-state index is 14.2. The number of benzene rings is 7. The van der Waals surface area contributed by atoms with Crippen molar-refractivity contribution in [2.75, 3.05) is 17.6 Å². The zero-order valence-electron chi connectivity index (χ0n) is 28.0. The summed E-state index contributed by atoms with van der Waals surface area (Å²) in [6.45, 7) is 0. The zero-order chi connectivity index (χ0) is 34.2. The topological polar surface area (TPSA) is 50.4 Å². The Kier molecular flexibility index (Phi) is 9.34. The summed E-state index contributed by atoms with van der Waals surface area (Å²) >= 11 is 0. The first-order valence-corrected chi connectivity index (χ1v) is 17.1. The highest BCUT2D eigenvalue weighted by Crippen LogP contribution is 2.29. The van der Waals surface area contributed by atoms with Gasteiger partial charge in [0, 0.05) is 11.4 Å². The molecule has 244 valence electrons. The van der Waals surface area contributed by atoms with E-state index in [1.54, 1.807) is 0 Å². The largest absolute Gasteiger partial charge is 0.546 e. The van der Waals surface area contributed by atoms with Crippen LogP contribution < -0.4 is 43.2 Å². The number of nitrogens with one attached hydrogen (secondary N) is 2. The smallest absolute Gasteiger partial charge is 0.341 e. The minimum Gasteiger partial charge on any atom is -0.546 e. The van der Waals surface area contributed by atoms with E-state index in [2.05, 4.69) is 156 Å². The molecule has 2 N–H and O–H groups in total. The van der Waals surface area contributed by atoms with Crippen LogP contribution in [0.15, 0.2) is 200 Å². The molecule has 0 heterocycles. The van der Waals surface area contributed by atoms with Crippen molar-refractivity contribution in [2.24, 2.45) is 0 Å². The Morgan fingerprint density at radius 3 is 0.840 bits per heavy atom. The molecule has 0 radical (unpaired) electrons. The Morgan fingerprint density at radius 1 is 0.380 bits per heavy atom. The molecule has 7 rings (SSSR count). The number of rotatable bonds is 11. The third kappa shape index (κ3) is 5.97. The second-order valence-electron chi connectivity index (χ2n) is 12.7. The molecule has 0 unspecified atom stereocenters. The molecule has 0 aromatic heterocycles. The van der Waals surface area contributed by atoms with Gasteiger partial charge in [-0.2, -0.15) is 32.8 Å². The standard InChI is InChI=1S/C44H38B2N2O2/c1-50-44(49)43-41(47-45(35-21-8-2-9-22-35,36-23-10-3-11-24-36)37-25-12-4-13-26-37)33-20-34-42(43)48-46(38-27-14-5-15-28-38,39-29-16-6-17-30-39)40-31-18-7-19-32-40/h2-34,47-48H,1H3/q-2. The highest BCUT2D eigenvalue weighted by molar-refractivity contribution is 7.14. The summed E-state index contributed by atoms with van der Waals surface area (Å²) in [7, 11) is 1.44. The Balaban J connectivity index is 1.49. The second-order valence-corrected chi connectivity index (χ2v) is 12.7. The average molecular weight is 648 g/mol. The number of hydrogen-bond donors (Lipinski definition) is 2. The van der Waals surface area contributed by atoms with Gasteiger partial charge < -0.3 is 15.2 Å². The highest BCUT2D eigenvalue weighted by Gasteiger charge is 2.34. The van der Waals surface area contributed by atoms with Gasteiger partial charge in [-0.1, -0.05) is 188 Å². The van der Waals surface area contributed by atoms with Crippen LogP contribution in [0.1, 0.15) is 10.4 Å². The van der Waals surface area contributed by atoms with E-state index in [0.717, 1.165) is 32.8 Å². The van der Waals surface area contributed by atoms with Crippen LogP contribution in [-0.2, 0) is 4.74 Å². The summed E-state index contributed by atoms with van der Waals surface area (Å²) < 4.78 is 5.58. The van der Waals surface area contributed by atoms with Crippen molar-refractivity contribution in [2.45, 2.75) is 0 Å². The molecule has 7 aromatic carbocycles. The van der Waals surface area contributed by atoms with E-state index in [-0.39, 0.29) is 0 Å². The first kappa shape index (κ1) is 32.3. The molecule has 0 saturated heterocycles. The van der Waals surface area contributed by atoms with Crippen LogP contribution in [0.2, 0.25) is 0 Å². The monoisotopic (exact) mass is 648 g/mol. The van der Waals surface area contributed by atoms with Crippen molar-refractivity contribution in [3.63, 3.8) is 0 Å². The predicted molar refractivity (Wildman–Crippen MR) is 213 cm³/mol. The van der Waals surface area contributed by atoms with Gasteiger partial charge in [-0.15, -0.1) is 0 Å². The van der Waals surface area contributed by atoms with E-state index < -0.39 is 18.5 Å². The molecule has 7 aromatic rings. The van der Waals surface area contributed by atoms with Crippen molar-refractivity contribution < 1.29 is 9.53 Å². The Morgan fingerprint density at radius 2 is 0.620 bits per heavy atom. The Labute approximate surface area is 294 Å². The molecule has 0 saturated carbocycles. The van der Waals surface area contributed by atoms with Crippen LogP contribution in [0, 0.1) is 0 Å². The molecular formula is C44H38B2N2O2-2. The number of carbonyl (C=O) groups excluding carboxylic acids is 1. The van der Waals surface area contributed by atoms with E-state index in [9.17, 15) is 4.79 Å². The third-order valence-corrected chi connectivity index (χ3v) is 10.00. The molecule has 6 heteroatoms. The minimum absolute atomic E-state index is 0.429. The summed E-state index contributed by atoms with van der Waals surface area (Å²) in [6, 6.07) is 68.8. The number of hydrogen-bond acceptors (Lipinski definition) is 4. The third-order valence-electron chi connectivity index (χ3n) is 10.00. The van der Waals surface area contributed by atoms with E-state index in [1.165, 1.54) is 7.11 Å². The maximum Gasteiger partial charge on any atom is 0.341 e. The molecule has 0 atom stereocenters. The van der Waals surface area contributed by atoms with E-state index in [1.807, 2.05) is 54.6 Å². The SMILES string of the molecule is COC(=O)c1c(N[B-](c2ccccc2)(c2ccccc2)c2ccccc2)cccc1N[B-](c1ccccc1)(c1ccccc1)c1ccccc1. The lowest BCUT2D eigenvalue weighted by Gasteiger charge is -2.47. The molecular weight excluding hydrogens is 610 g/mol. The van der Waals surface area contributed by atoms with Gasteiger partial charge in [0.15, 0.2) is 12.6 Å². The van der Waals surface area contributed by atoms with Gasteiger partial charge in [0.25, 0.3) is 0 Å². The fraction of sp³-hybridized carbons (Fsp3) is 0.0227. The van der Waals surface area contributed by atoms with E-state index in [0.29, 0.717) is 16.9 Å². The Hall–Kier alpha value is -6.26. The predicted octanol–water partition coefficient (Wildman–Crippen LogP) is 5.63. The number of ether oxygens (including phenoxy) is 1. The molecule has 0 aliphatic carbocycles. The van der Waals surface area contributed by atoms with Crippen LogP contribution in [0.25, 0.3) is 0 Å². The molecule has 0 bridgehead atoms. The first-order chi connectivity index (χ1) is 24.7. The van der Waals surface area contributed by atoms with Gasteiger partial charge in [-0.05, 0) is 12.1 Å². The van der Waals surface area contributed by atoms with Crippen LogP contribution in [0.5, 0.6) is 0 Å². The second kappa shape index (κ2) is 14.5. The maximum atomic E-state index is 14.2. The fourth-order valence-corrected chi connectivity index (χ4v) is 7.69. The lowest BCUT2D eigenvalue weighted by Crippen LogP contribution is -2.73. The molecule has 0 fully saturated rings. The van der Waals surface area contributed by atoms with Crippen LogP contribution in [0.3, 0.4) is 0 Å². The number of methoxy groups -OCH3 is 1. The lowest BCUT2D eigenvalue weighted by atomic mass is 9.24. The summed E-state index contributed by atoms with van der Waals surface area (Å²) in [6.07, 6.45) is -3.65. The quantitative estimate of drug-likeness (QED) is 0.141. The lowest BCUT2D eigenvalue weighted by molar-refractivity contribution is 0.0603. The molecule has 0 aliphatic heterocycles. The summed E-state index contributed by atoms with van der Waals surface area (Å²) in [4.78, 5) is 14.2. The number of anilines is 2. The van der Waals surface area contributed by atoms with Gasteiger partial charge in [0.05, 0.1) is 12.7 Å². The first-order valence-electron chi connectivity index (χ1n) is 17.1. The summed E-state index contributed by atoms with van der Waals surface area (Å²) in [5.74, 6) is -0.437. The summed E-state index contributed by atoms with van der Waals surface area (Å²) in [5.41, 5.74) is 8.32. The number of carbonyl (C=O) groups is 1. The molecule has 50 heavy (non-hydrogen) atoms. The molecule has 0 amide bonds. The van der Waals surface area contributed by atoms with Crippen molar-refractivity contribution >= 4 is 62.7 Å². The Bertz CT molecular complexity index is 1810. The summed E-state index contributed by atoms with van der Waals surface area (Å²) in [5, 5.41) is 8.00. The zero-order valence-corrected chi connectivity index (χ0v) is 28.0. The van der Waals surface area contributed by atoms with Gasteiger partial charge in [0.2, 0.25) is 0 Å². The van der Waals surface area contributed by atoms with Crippen LogP contribution in [0.4, 0.5) is 11.4 Å². The average Bonchev–Trinajstić information content (AvgIpc) is 3.21. The minimum atomic E-state index is -1.82. The highest BCUT2D eigenvalue weighted by atomic mass is 16.5. The van der Waals surface area contributed by atoms with Crippen molar-refractivity contribution in [3.8, 4) is 0 Å². The van der Waals surface area contributed by atoms with Gasteiger partial charge in [0.1, 0.15) is 0 Å². The van der Waals surface area contributed by atoms with Crippen molar-refractivity contribution in [1.82, 2.24) is 0 Å². The van der Waals surface area contributed by atoms with Gasteiger partial charge >= 0.3 is 5.97 Å². The molecule has 4 nitrogen and oxygen atoms in total.